The Labute approximate surface area is 115 Å². The van der Waals surface area contributed by atoms with Gasteiger partial charge in [0.2, 0.25) is 0 Å². The topological polar surface area (TPSA) is 30.5 Å². The van der Waals surface area contributed by atoms with Gasteiger partial charge in [-0.2, -0.15) is 0 Å². The van der Waals surface area contributed by atoms with E-state index in [0.717, 1.165) is 18.0 Å². The van der Waals surface area contributed by atoms with Gasteiger partial charge in [-0.3, -0.25) is 0 Å². The van der Waals surface area contributed by atoms with Crippen LogP contribution in [0.5, 0.6) is 11.5 Å². The van der Waals surface area contributed by atoms with Crippen molar-refractivity contribution in [3.05, 3.63) is 24.3 Å². The van der Waals surface area contributed by atoms with Crippen LogP contribution in [0.4, 0.5) is 0 Å². The molecule has 1 N–H and O–H groups in total. The maximum Gasteiger partial charge on any atom is 0.149 e. The van der Waals surface area contributed by atoms with Crippen LogP contribution < -0.4 is 14.8 Å². The monoisotopic (exact) mass is 259 g/mol. The molecule has 0 saturated heterocycles. The van der Waals surface area contributed by atoms with E-state index < -0.39 is 0 Å². The first-order valence-corrected chi connectivity index (χ1v) is 6.84. The zero-order chi connectivity index (χ0) is 13.3. The van der Waals surface area contributed by atoms with Crippen molar-refractivity contribution in [3.63, 3.8) is 0 Å². The Morgan fingerprint density at radius 2 is 1.79 bits per heavy atom. The third-order valence-corrected chi connectivity index (χ3v) is 3.33. The number of benzene rings is 1. The Kier molecular flexibility index (Phi) is 5.58. The zero-order valence-electron chi connectivity index (χ0n) is 11.4. The van der Waals surface area contributed by atoms with E-state index in [1.54, 1.807) is 7.11 Å². The molecule has 102 valence electrons. The lowest BCUT2D eigenvalue weighted by atomic mass is 10.2. The van der Waals surface area contributed by atoms with Crippen LogP contribution >= 0.6 is 0 Å². The van der Waals surface area contributed by atoms with Crippen LogP contribution in [0.15, 0.2) is 24.3 Å². The highest BCUT2D eigenvalue weighted by atomic mass is 16.5. The van der Waals surface area contributed by atoms with Crippen molar-refractivity contribution < 1.29 is 9.47 Å². The van der Waals surface area contributed by atoms with Gasteiger partial charge in [0.25, 0.3) is 0 Å². The quantitative estimate of drug-likeness (QED) is 0.825. The van der Waals surface area contributed by atoms with E-state index in [0.29, 0.717) is 12.6 Å². The molecule has 0 amide bonds. The average molecular weight is 259 g/mol. The summed E-state index contributed by atoms with van der Waals surface area (Å²) in [6, 6.07) is 8.21. The molecule has 2 rings (SSSR count). The summed E-state index contributed by atoms with van der Waals surface area (Å²) in [7, 11) is 1.65. The Morgan fingerprint density at radius 3 is 2.47 bits per heavy atom. The molecule has 0 bridgehead atoms. The summed E-state index contributed by atoms with van der Waals surface area (Å²) in [4.78, 5) is 0. The van der Waals surface area contributed by atoms with Gasteiger partial charge in [-0.05, 0) is 37.1 Å². The van der Waals surface area contributed by atoms with Gasteiger partial charge >= 0.3 is 0 Å². The number of ether oxygens (including phenoxy) is 2. The lowest BCUT2D eigenvalue weighted by Gasteiger charge is -2.07. The third kappa shape index (κ3) is 4.84. The first-order chi connectivity index (χ1) is 9.38. The molecule has 1 saturated carbocycles. The molecule has 0 atom stereocenters. The first kappa shape index (κ1) is 13.8. The molecule has 0 unspecified atom stereocenters. The zero-order valence-corrected chi connectivity index (χ0v) is 11.4. The van der Waals surface area contributed by atoms with E-state index in [1.165, 1.54) is 25.7 Å². The molecular weight excluding hydrogens is 238 g/mol. The van der Waals surface area contributed by atoms with Crippen LogP contribution in [0.2, 0.25) is 0 Å². The Morgan fingerprint density at radius 1 is 1.11 bits per heavy atom. The molecule has 1 aromatic rings. The second-order valence-corrected chi connectivity index (χ2v) is 4.68. The average Bonchev–Trinajstić information content (AvgIpc) is 2.96. The molecule has 3 heteroatoms. The fourth-order valence-corrected chi connectivity index (χ4v) is 2.23. The number of methoxy groups -OCH3 is 1. The van der Waals surface area contributed by atoms with Crippen molar-refractivity contribution >= 4 is 0 Å². The van der Waals surface area contributed by atoms with Gasteiger partial charge < -0.3 is 14.8 Å². The normalized spacial score (nSPS) is 14.8. The van der Waals surface area contributed by atoms with Crippen molar-refractivity contribution in [2.75, 3.05) is 20.3 Å². The standard InChI is InChI=1S/C16H21NO2/c1-18-15-8-10-16(11-9-15)19-13-5-4-12-17-14-6-2-3-7-14/h8-11,14,17H,2-3,6-7,12-13H2,1H3. The highest BCUT2D eigenvalue weighted by Crippen LogP contribution is 2.17. The molecule has 1 aliphatic carbocycles. The van der Waals surface area contributed by atoms with Gasteiger partial charge in [0, 0.05) is 6.04 Å². The Hall–Kier alpha value is -1.66. The summed E-state index contributed by atoms with van der Waals surface area (Å²) in [5.41, 5.74) is 0. The number of nitrogens with one attached hydrogen (secondary N) is 1. The highest BCUT2D eigenvalue weighted by molar-refractivity contribution is 5.31. The van der Waals surface area contributed by atoms with Gasteiger partial charge in [-0.15, -0.1) is 0 Å². The van der Waals surface area contributed by atoms with Crippen LogP contribution in [-0.2, 0) is 0 Å². The van der Waals surface area contributed by atoms with Crippen molar-refractivity contribution in [2.24, 2.45) is 0 Å². The second kappa shape index (κ2) is 7.70. The predicted molar refractivity (Wildman–Crippen MR) is 76.5 cm³/mol. The maximum absolute atomic E-state index is 5.52. The van der Waals surface area contributed by atoms with Gasteiger partial charge in [-0.1, -0.05) is 24.7 Å². The molecule has 0 aromatic heterocycles. The molecule has 19 heavy (non-hydrogen) atoms. The fraction of sp³-hybridized carbons (Fsp3) is 0.500. The smallest absolute Gasteiger partial charge is 0.149 e. The molecule has 0 heterocycles. The molecule has 1 fully saturated rings. The van der Waals surface area contributed by atoms with Crippen molar-refractivity contribution in [2.45, 2.75) is 31.7 Å². The van der Waals surface area contributed by atoms with E-state index in [-0.39, 0.29) is 0 Å². The molecule has 0 radical (unpaired) electrons. The minimum atomic E-state index is 0.429. The maximum atomic E-state index is 5.52. The van der Waals surface area contributed by atoms with E-state index in [4.69, 9.17) is 9.47 Å². The molecule has 3 nitrogen and oxygen atoms in total. The number of hydrogen-bond acceptors (Lipinski definition) is 3. The summed E-state index contributed by atoms with van der Waals surface area (Å²) in [5.74, 6) is 7.77. The highest BCUT2D eigenvalue weighted by Gasteiger charge is 2.12. The van der Waals surface area contributed by atoms with Crippen molar-refractivity contribution in [1.82, 2.24) is 5.32 Å². The molecule has 1 aliphatic rings. The third-order valence-electron chi connectivity index (χ3n) is 3.33. The number of hydrogen-bond donors (Lipinski definition) is 1. The molecule has 0 aliphatic heterocycles. The van der Waals surface area contributed by atoms with Gasteiger partial charge in [-0.25, -0.2) is 0 Å². The summed E-state index contributed by atoms with van der Waals surface area (Å²) < 4.78 is 10.6. The first-order valence-electron chi connectivity index (χ1n) is 6.84. The van der Waals surface area contributed by atoms with E-state index in [2.05, 4.69) is 17.2 Å². The lowest BCUT2D eigenvalue weighted by molar-refractivity contribution is 0.367. The van der Waals surface area contributed by atoms with Crippen LogP contribution in [-0.4, -0.2) is 26.3 Å². The summed E-state index contributed by atoms with van der Waals surface area (Å²) in [6.07, 6.45) is 5.30. The van der Waals surface area contributed by atoms with E-state index >= 15 is 0 Å². The van der Waals surface area contributed by atoms with Gasteiger partial charge in [0.15, 0.2) is 0 Å². The molecule has 0 spiro atoms. The SMILES string of the molecule is COc1ccc(OCC#CCNC2CCCC2)cc1. The largest absolute Gasteiger partial charge is 0.497 e. The van der Waals surface area contributed by atoms with Crippen LogP contribution in [0.25, 0.3) is 0 Å². The molecular formula is C16H21NO2. The fourth-order valence-electron chi connectivity index (χ4n) is 2.23. The van der Waals surface area contributed by atoms with E-state index in [1.807, 2.05) is 24.3 Å². The lowest BCUT2D eigenvalue weighted by Crippen LogP contribution is -2.26. The Balaban J connectivity index is 1.62. The van der Waals surface area contributed by atoms with E-state index in [9.17, 15) is 0 Å². The van der Waals surface area contributed by atoms with Gasteiger partial charge in [0.05, 0.1) is 13.7 Å². The van der Waals surface area contributed by atoms with Crippen LogP contribution in [0.1, 0.15) is 25.7 Å². The van der Waals surface area contributed by atoms with Gasteiger partial charge in [0.1, 0.15) is 18.1 Å². The second-order valence-electron chi connectivity index (χ2n) is 4.68. The summed E-state index contributed by atoms with van der Waals surface area (Å²) in [6.45, 7) is 1.19. The van der Waals surface area contributed by atoms with Crippen molar-refractivity contribution in [3.8, 4) is 23.3 Å². The Bertz CT molecular complexity index is 424. The predicted octanol–water partition coefficient (Wildman–Crippen LogP) is 2.61. The molecule has 1 aromatic carbocycles. The summed E-state index contributed by atoms with van der Waals surface area (Å²) >= 11 is 0. The van der Waals surface area contributed by atoms with Crippen molar-refractivity contribution in [1.29, 1.82) is 0 Å². The minimum absolute atomic E-state index is 0.429. The van der Waals surface area contributed by atoms with Crippen LogP contribution in [0, 0.1) is 11.8 Å². The van der Waals surface area contributed by atoms with Crippen LogP contribution in [0.3, 0.4) is 0 Å². The summed E-state index contributed by atoms with van der Waals surface area (Å²) in [5, 5.41) is 3.45. The minimum Gasteiger partial charge on any atom is -0.497 e. The number of rotatable bonds is 5.